The predicted molar refractivity (Wildman–Crippen MR) is 145 cm³/mol. The summed E-state index contributed by atoms with van der Waals surface area (Å²) in [6, 6.07) is 8.06. The van der Waals surface area contributed by atoms with E-state index in [0.717, 1.165) is 60.6 Å². The van der Waals surface area contributed by atoms with Crippen LogP contribution in [0, 0.1) is 17.3 Å². The quantitative estimate of drug-likeness (QED) is 0.429. The molecule has 1 N–H and O–H groups in total. The molecular weight excluding hydrogens is 539 g/mol. The molecule has 9 heteroatoms. The van der Waals surface area contributed by atoms with Crippen LogP contribution in [0.2, 0.25) is 0 Å². The molecule has 1 saturated heterocycles. The van der Waals surface area contributed by atoms with Gasteiger partial charge < -0.3 is 10.0 Å². The Kier molecular flexibility index (Phi) is 7.06. The van der Waals surface area contributed by atoms with Crippen molar-refractivity contribution < 1.29 is 31.9 Å². The monoisotopic (exact) mass is 578 g/mol. The lowest BCUT2D eigenvalue weighted by atomic mass is 9.50. The van der Waals surface area contributed by atoms with Crippen LogP contribution >= 0.6 is 0 Å². The van der Waals surface area contributed by atoms with Gasteiger partial charge in [-0.25, -0.2) is 0 Å². The Morgan fingerprint density at radius 2 is 1.66 bits per heavy atom. The van der Waals surface area contributed by atoms with E-state index in [1.54, 1.807) is 6.08 Å². The van der Waals surface area contributed by atoms with E-state index in [-0.39, 0.29) is 24.5 Å². The summed E-state index contributed by atoms with van der Waals surface area (Å²) in [5, 5.41) is 11.4. The minimum atomic E-state index is -5.84. The summed E-state index contributed by atoms with van der Waals surface area (Å²) in [6.45, 7) is 6.21. The Morgan fingerprint density at radius 3 is 2.32 bits per heavy atom. The molecule has 4 nitrogen and oxygen atoms in total. The smallest absolute Gasteiger partial charge is 0.383 e. The second-order valence-corrected chi connectivity index (χ2v) is 13.3. The van der Waals surface area contributed by atoms with Crippen LogP contribution in [0.25, 0.3) is 0 Å². The summed E-state index contributed by atoms with van der Waals surface area (Å²) >= 11 is 0. The van der Waals surface area contributed by atoms with E-state index in [2.05, 4.69) is 16.8 Å². The van der Waals surface area contributed by atoms with Crippen molar-refractivity contribution >= 4 is 5.78 Å². The lowest BCUT2D eigenvalue weighted by Gasteiger charge is -2.56. The van der Waals surface area contributed by atoms with E-state index in [1.165, 1.54) is 6.92 Å². The van der Waals surface area contributed by atoms with Gasteiger partial charge in [0.1, 0.15) is 5.60 Å². The van der Waals surface area contributed by atoms with Gasteiger partial charge in [-0.2, -0.15) is 22.0 Å². The minimum Gasteiger partial charge on any atom is -0.383 e. The van der Waals surface area contributed by atoms with Crippen molar-refractivity contribution in [2.75, 3.05) is 33.2 Å². The zero-order chi connectivity index (χ0) is 29.4. The number of halogens is 5. The van der Waals surface area contributed by atoms with E-state index in [4.69, 9.17) is 0 Å². The molecule has 5 aliphatic rings. The van der Waals surface area contributed by atoms with Crippen LogP contribution in [0.5, 0.6) is 0 Å². The Morgan fingerprint density at radius 1 is 0.976 bits per heavy atom. The predicted octanol–water partition coefficient (Wildman–Crippen LogP) is 6.26. The van der Waals surface area contributed by atoms with Gasteiger partial charge in [0.25, 0.3) is 0 Å². The van der Waals surface area contributed by atoms with Gasteiger partial charge in [0, 0.05) is 50.5 Å². The van der Waals surface area contributed by atoms with Crippen molar-refractivity contribution in [1.29, 1.82) is 0 Å². The van der Waals surface area contributed by atoms with Gasteiger partial charge in [0.15, 0.2) is 5.78 Å². The van der Waals surface area contributed by atoms with Crippen molar-refractivity contribution in [3.8, 4) is 0 Å². The molecule has 1 heterocycles. The number of fused-ring (bicyclic) bond motifs is 4. The highest BCUT2D eigenvalue weighted by molar-refractivity contribution is 5.93. The molecule has 0 amide bonds. The van der Waals surface area contributed by atoms with Crippen LogP contribution in [0.4, 0.5) is 22.0 Å². The fourth-order valence-corrected chi connectivity index (χ4v) is 8.83. The molecule has 0 radical (unpaired) electrons. The maximum atomic E-state index is 15.2. The minimum absolute atomic E-state index is 0.00814. The first-order chi connectivity index (χ1) is 19.2. The van der Waals surface area contributed by atoms with E-state index in [1.807, 2.05) is 24.3 Å². The van der Waals surface area contributed by atoms with E-state index < -0.39 is 41.4 Å². The van der Waals surface area contributed by atoms with Crippen LogP contribution in [-0.2, 0) is 11.3 Å². The van der Waals surface area contributed by atoms with Crippen LogP contribution < -0.4 is 0 Å². The first-order valence-corrected chi connectivity index (χ1v) is 14.9. The fourth-order valence-electron chi connectivity index (χ4n) is 8.83. The molecule has 224 valence electrons. The van der Waals surface area contributed by atoms with E-state index >= 15 is 8.78 Å². The van der Waals surface area contributed by atoms with E-state index in [0.29, 0.717) is 25.7 Å². The third-order valence-electron chi connectivity index (χ3n) is 11.1. The number of benzene rings is 1. The molecule has 0 bridgehead atoms. The topological polar surface area (TPSA) is 43.8 Å². The number of aliphatic hydroxyl groups is 1. The summed E-state index contributed by atoms with van der Waals surface area (Å²) < 4.78 is 71.6. The molecular formula is C32H39F5N2O2. The third kappa shape index (κ3) is 4.52. The third-order valence-corrected chi connectivity index (χ3v) is 11.1. The van der Waals surface area contributed by atoms with Gasteiger partial charge in [0.2, 0.25) is 0 Å². The Labute approximate surface area is 238 Å². The lowest BCUT2D eigenvalue weighted by molar-refractivity contribution is -0.362. The number of nitrogens with zero attached hydrogens (tertiary/aromatic N) is 2. The molecule has 41 heavy (non-hydrogen) atoms. The standard InChI is InChI=1S/C32H39F5N2O2/c1-29-18-26(21-5-3-20(4-6-21)19-39-15-13-38(2)14-16-39)28-24-10-8-23(40)17-22(24)7-9-25(28)27(29)11-12-30(29,41)31(33,34)32(35,36)37/h3-6,17,25-27,41H,7-16,18-19H2,1-2H3/t25?,26-,27?,29+,30+/m1/s1. The summed E-state index contributed by atoms with van der Waals surface area (Å²) in [6.07, 6.45) is -2.46. The van der Waals surface area contributed by atoms with Crippen LogP contribution in [0.1, 0.15) is 68.9 Å². The van der Waals surface area contributed by atoms with Gasteiger partial charge >= 0.3 is 12.1 Å². The molecule has 0 spiro atoms. The van der Waals surface area contributed by atoms with Gasteiger partial charge in [-0.3, -0.25) is 9.69 Å². The van der Waals surface area contributed by atoms with Crippen molar-refractivity contribution in [2.45, 2.75) is 82.0 Å². The van der Waals surface area contributed by atoms with Crippen molar-refractivity contribution in [1.82, 2.24) is 9.80 Å². The zero-order valence-electron chi connectivity index (χ0n) is 23.7. The average Bonchev–Trinajstić information content (AvgIpc) is 3.20. The normalized spacial score (nSPS) is 35.2. The van der Waals surface area contributed by atoms with Gasteiger partial charge in [-0.05, 0) is 85.8 Å². The van der Waals surface area contributed by atoms with Crippen LogP contribution in [-0.4, -0.2) is 71.6 Å². The molecule has 6 rings (SSSR count). The van der Waals surface area contributed by atoms with Gasteiger partial charge in [-0.15, -0.1) is 0 Å². The zero-order valence-corrected chi connectivity index (χ0v) is 23.7. The molecule has 5 atom stereocenters. The highest BCUT2D eigenvalue weighted by Crippen LogP contribution is 2.70. The molecule has 2 unspecified atom stereocenters. The van der Waals surface area contributed by atoms with Crippen molar-refractivity contribution in [3.63, 3.8) is 0 Å². The number of carbonyl (C=O) groups is 1. The summed E-state index contributed by atoms with van der Waals surface area (Å²) in [4.78, 5) is 16.9. The number of piperazine rings is 1. The van der Waals surface area contributed by atoms with Gasteiger partial charge in [0.05, 0.1) is 0 Å². The largest absolute Gasteiger partial charge is 0.456 e. The second-order valence-electron chi connectivity index (χ2n) is 13.3. The number of likely N-dealkylation sites (N-methyl/N-ethyl adjacent to an activating group) is 1. The number of carbonyl (C=O) groups excluding carboxylic acids is 1. The summed E-state index contributed by atoms with van der Waals surface area (Å²) in [5.41, 5.74) is 0.369. The number of allylic oxidation sites excluding steroid dienone is 4. The van der Waals surface area contributed by atoms with Crippen LogP contribution in [0.15, 0.2) is 47.1 Å². The molecule has 1 aromatic rings. The number of ketones is 1. The summed E-state index contributed by atoms with van der Waals surface area (Å²) in [7, 11) is 2.11. The fraction of sp³-hybridized carbons (Fsp3) is 0.656. The number of alkyl halides is 5. The lowest BCUT2D eigenvalue weighted by Crippen LogP contribution is -2.65. The maximum absolute atomic E-state index is 15.2. The molecule has 3 fully saturated rings. The number of hydrogen-bond donors (Lipinski definition) is 1. The average molecular weight is 579 g/mol. The van der Waals surface area contributed by atoms with Crippen LogP contribution in [0.3, 0.4) is 0 Å². The Bertz CT molecular complexity index is 1260. The first kappa shape index (κ1) is 29.0. The van der Waals surface area contributed by atoms with Gasteiger partial charge in [-0.1, -0.05) is 36.8 Å². The molecule has 1 aliphatic heterocycles. The summed E-state index contributed by atoms with van der Waals surface area (Å²) in [5.74, 6) is -6.24. The highest BCUT2D eigenvalue weighted by Gasteiger charge is 2.79. The molecule has 1 aromatic carbocycles. The Hall–Kier alpha value is -2.10. The highest BCUT2D eigenvalue weighted by atomic mass is 19.4. The first-order valence-electron chi connectivity index (χ1n) is 14.9. The number of hydrogen-bond acceptors (Lipinski definition) is 4. The second kappa shape index (κ2) is 9.98. The molecule has 4 aliphatic carbocycles. The molecule has 0 aromatic heterocycles. The molecule has 2 saturated carbocycles. The van der Waals surface area contributed by atoms with Crippen molar-refractivity contribution in [2.24, 2.45) is 17.3 Å². The maximum Gasteiger partial charge on any atom is 0.456 e. The number of rotatable bonds is 4. The SMILES string of the molecule is CN1CCN(Cc2ccc([C@H]3C[C@@]4(C)C(CC[C@@]4(O)C(F)(F)C(F)(F)F)C4CCC5=CC(=O)CCC5=C43)cc2)CC1. The van der Waals surface area contributed by atoms with Crippen molar-refractivity contribution in [3.05, 3.63) is 58.2 Å². The Balaban J connectivity index is 1.40. The van der Waals surface area contributed by atoms with E-state index in [9.17, 15) is 23.1 Å².